The number of phenolic OH excluding ortho intramolecular Hbond substituents is 1. The van der Waals surface area contributed by atoms with Gasteiger partial charge in [0.25, 0.3) is 0 Å². The van der Waals surface area contributed by atoms with E-state index in [9.17, 15) is 9.90 Å². The van der Waals surface area contributed by atoms with E-state index in [1.165, 1.54) is 6.92 Å². The van der Waals surface area contributed by atoms with Gasteiger partial charge in [0.2, 0.25) is 5.91 Å². The Morgan fingerprint density at radius 2 is 2.18 bits per heavy atom. The zero-order valence-corrected chi connectivity index (χ0v) is 9.92. The smallest absolute Gasteiger partial charge is 0.221 e. The van der Waals surface area contributed by atoms with E-state index in [4.69, 9.17) is 6.42 Å². The molecule has 0 aliphatic rings. The molecule has 1 rings (SSSR count). The van der Waals surface area contributed by atoms with Crippen LogP contribution in [0.4, 0.5) is 11.4 Å². The maximum atomic E-state index is 11.0. The van der Waals surface area contributed by atoms with Crippen molar-refractivity contribution < 1.29 is 14.7 Å². The SMILES string of the molecule is C#CONc1c(C)cc(NC(C)=O)c(O)c1C. The van der Waals surface area contributed by atoms with Gasteiger partial charge in [-0.05, 0) is 25.5 Å². The number of carbonyl (C=O) groups is 1. The van der Waals surface area contributed by atoms with Crippen LogP contribution in [-0.4, -0.2) is 11.0 Å². The van der Waals surface area contributed by atoms with Gasteiger partial charge in [-0.15, -0.1) is 0 Å². The van der Waals surface area contributed by atoms with Crippen molar-refractivity contribution in [2.24, 2.45) is 0 Å². The first-order valence-corrected chi connectivity index (χ1v) is 4.95. The molecule has 3 N–H and O–H groups in total. The number of aryl methyl sites for hydroxylation is 1. The van der Waals surface area contributed by atoms with Crippen LogP contribution in [0.3, 0.4) is 0 Å². The summed E-state index contributed by atoms with van der Waals surface area (Å²) in [5, 5.41) is 12.4. The Morgan fingerprint density at radius 3 is 2.71 bits per heavy atom. The van der Waals surface area contributed by atoms with Gasteiger partial charge in [-0.25, -0.2) is 5.48 Å². The molecule has 0 aromatic heterocycles. The van der Waals surface area contributed by atoms with Crippen LogP contribution < -0.4 is 10.8 Å². The van der Waals surface area contributed by atoms with Crippen molar-refractivity contribution in [2.75, 3.05) is 10.8 Å². The van der Waals surface area contributed by atoms with Crippen molar-refractivity contribution in [3.63, 3.8) is 0 Å². The molecule has 0 saturated heterocycles. The Labute approximate surface area is 99.7 Å². The lowest BCUT2D eigenvalue weighted by Crippen LogP contribution is -2.08. The second kappa shape index (κ2) is 5.12. The van der Waals surface area contributed by atoms with Crippen molar-refractivity contribution in [1.29, 1.82) is 0 Å². The number of phenols is 1. The van der Waals surface area contributed by atoms with E-state index in [0.29, 0.717) is 16.9 Å². The molecule has 5 nitrogen and oxygen atoms in total. The van der Waals surface area contributed by atoms with Gasteiger partial charge in [0.15, 0.2) is 0 Å². The van der Waals surface area contributed by atoms with Gasteiger partial charge in [0.05, 0.1) is 11.4 Å². The third-order valence-electron chi connectivity index (χ3n) is 2.26. The number of aromatic hydroxyl groups is 1. The highest BCUT2D eigenvalue weighted by molar-refractivity contribution is 5.91. The minimum absolute atomic E-state index is 0.0195. The maximum absolute atomic E-state index is 11.0. The number of carbonyl (C=O) groups excluding carboxylic acids is 1. The summed E-state index contributed by atoms with van der Waals surface area (Å²) in [6.45, 7) is 4.87. The number of benzene rings is 1. The van der Waals surface area contributed by atoms with Crippen LogP contribution >= 0.6 is 0 Å². The predicted molar refractivity (Wildman–Crippen MR) is 65.4 cm³/mol. The zero-order chi connectivity index (χ0) is 13.0. The molecular weight excluding hydrogens is 220 g/mol. The highest BCUT2D eigenvalue weighted by Gasteiger charge is 2.13. The fourth-order valence-electron chi connectivity index (χ4n) is 1.50. The van der Waals surface area contributed by atoms with Crippen molar-refractivity contribution in [1.82, 2.24) is 0 Å². The minimum Gasteiger partial charge on any atom is -0.505 e. The number of anilines is 2. The van der Waals surface area contributed by atoms with E-state index >= 15 is 0 Å². The van der Waals surface area contributed by atoms with E-state index in [1.54, 1.807) is 19.9 Å². The molecule has 0 atom stereocenters. The van der Waals surface area contributed by atoms with Gasteiger partial charge >= 0.3 is 0 Å². The highest BCUT2D eigenvalue weighted by Crippen LogP contribution is 2.35. The molecule has 5 heteroatoms. The van der Waals surface area contributed by atoms with E-state index < -0.39 is 0 Å². The zero-order valence-electron chi connectivity index (χ0n) is 9.92. The molecule has 90 valence electrons. The fraction of sp³-hybridized carbons (Fsp3) is 0.250. The van der Waals surface area contributed by atoms with Gasteiger partial charge in [0, 0.05) is 12.5 Å². The molecule has 1 amide bonds. The lowest BCUT2D eigenvalue weighted by molar-refractivity contribution is -0.114. The predicted octanol–water partition coefficient (Wildman–Crippen LogP) is 1.90. The third-order valence-corrected chi connectivity index (χ3v) is 2.26. The fourth-order valence-corrected chi connectivity index (χ4v) is 1.50. The number of hydrogen-bond donors (Lipinski definition) is 3. The monoisotopic (exact) mass is 234 g/mol. The molecular formula is C12H14N2O3. The molecule has 1 aromatic rings. The summed E-state index contributed by atoms with van der Waals surface area (Å²) in [5.41, 5.74) is 4.82. The molecule has 0 bridgehead atoms. The topological polar surface area (TPSA) is 70.6 Å². The first kappa shape index (κ1) is 12.7. The van der Waals surface area contributed by atoms with Gasteiger partial charge < -0.3 is 15.3 Å². The van der Waals surface area contributed by atoms with Crippen molar-refractivity contribution in [2.45, 2.75) is 20.8 Å². The standard InChI is InChI=1S/C12H14N2O3/c1-5-17-14-11-7(2)6-10(13-9(4)15)12(16)8(11)3/h1,6,14,16H,2-4H3,(H,13,15). The number of nitrogens with one attached hydrogen (secondary N) is 2. The van der Waals surface area contributed by atoms with Gasteiger partial charge in [-0.2, -0.15) is 0 Å². The average molecular weight is 234 g/mol. The van der Waals surface area contributed by atoms with E-state index in [2.05, 4.69) is 15.6 Å². The van der Waals surface area contributed by atoms with E-state index in [0.717, 1.165) is 5.56 Å². The van der Waals surface area contributed by atoms with Crippen LogP contribution in [0.1, 0.15) is 18.1 Å². The lowest BCUT2D eigenvalue weighted by Gasteiger charge is -2.15. The van der Waals surface area contributed by atoms with Crippen molar-refractivity contribution in [3.8, 4) is 18.3 Å². The summed E-state index contributed by atoms with van der Waals surface area (Å²) in [5.74, 6) is -0.270. The summed E-state index contributed by atoms with van der Waals surface area (Å²) in [6.07, 6.45) is 6.93. The van der Waals surface area contributed by atoms with E-state index in [1.807, 2.05) is 6.11 Å². The molecule has 0 aliphatic carbocycles. The van der Waals surface area contributed by atoms with Crippen LogP contribution in [0.15, 0.2) is 6.07 Å². The molecule has 0 aliphatic heterocycles. The third kappa shape index (κ3) is 2.82. The lowest BCUT2D eigenvalue weighted by atomic mass is 10.1. The molecule has 0 saturated carbocycles. The molecule has 0 unspecified atom stereocenters. The molecule has 0 spiro atoms. The molecule has 0 heterocycles. The largest absolute Gasteiger partial charge is 0.505 e. The Balaban J connectivity index is 3.17. The Bertz CT molecular complexity index is 490. The van der Waals surface area contributed by atoms with E-state index in [-0.39, 0.29) is 11.7 Å². The maximum Gasteiger partial charge on any atom is 0.221 e. The van der Waals surface area contributed by atoms with Gasteiger partial charge in [0.1, 0.15) is 11.9 Å². The Hall–Kier alpha value is -2.35. The Kier molecular flexibility index (Phi) is 3.83. The minimum atomic E-state index is -0.250. The van der Waals surface area contributed by atoms with Crippen molar-refractivity contribution in [3.05, 3.63) is 17.2 Å². The summed E-state index contributed by atoms with van der Waals surface area (Å²) in [6, 6.07) is 1.63. The molecule has 1 aromatic carbocycles. The Morgan fingerprint density at radius 1 is 1.53 bits per heavy atom. The van der Waals surface area contributed by atoms with Gasteiger partial charge in [-0.1, -0.05) is 6.42 Å². The highest BCUT2D eigenvalue weighted by atomic mass is 16.6. The number of rotatable bonds is 3. The van der Waals surface area contributed by atoms with Gasteiger partial charge in [-0.3, -0.25) is 4.79 Å². The summed E-state index contributed by atoms with van der Waals surface area (Å²) >= 11 is 0. The first-order valence-electron chi connectivity index (χ1n) is 4.95. The van der Waals surface area contributed by atoms with Crippen LogP contribution in [-0.2, 0) is 9.63 Å². The number of amides is 1. The molecule has 17 heavy (non-hydrogen) atoms. The molecule has 0 radical (unpaired) electrons. The second-order valence-electron chi connectivity index (χ2n) is 3.59. The van der Waals surface area contributed by atoms with Crippen LogP contribution in [0.5, 0.6) is 5.75 Å². The normalized spacial score (nSPS) is 9.29. The second-order valence-corrected chi connectivity index (χ2v) is 3.59. The first-order chi connectivity index (χ1) is 7.97. The van der Waals surface area contributed by atoms with Crippen molar-refractivity contribution >= 4 is 17.3 Å². The number of hydrogen-bond acceptors (Lipinski definition) is 4. The summed E-state index contributed by atoms with van der Waals surface area (Å²) in [7, 11) is 0. The van der Waals surface area contributed by atoms with Crippen LogP contribution in [0, 0.1) is 26.4 Å². The summed E-state index contributed by atoms with van der Waals surface area (Å²) in [4.78, 5) is 15.6. The number of terminal acetylenes is 1. The quantitative estimate of drug-likeness (QED) is 0.424. The van der Waals surface area contributed by atoms with Crippen LogP contribution in [0.2, 0.25) is 0 Å². The average Bonchev–Trinajstić information content (AvgIpc) is 2.25. The summed E-state index contributed by atoms with van der Waals surface area (Å²) < 4.78 is 0. The molecule has 0 fully saturated rings. The van der Waals surface area contributed by atoms with Crippen LogP contribution in [0.25, 0.3) is 0 Å².